The average Bonchev–Trinajstić information content (AvgIpc) is 2.88. The summed E-state index contributed by atoms with van der Waals surface area (Å²) in [6.45, 7) is 4.99. The van der Waals surface area contributed by atoms with Crippen molar-refractivity contribution in [3.63, 3.8) is 0 Å². The zero-order valence-electron chi connectivity index (χ0n) is 10.6. The highest BCUT2D eigenvalue weighted by molar-refractivity contribution is 5.95. The Bertz CT molecular complexity index is 604. The molecular weight excluding hydrogens is 224 g/mol. The average molecular weight is 240 g/mol. The molecule has 0 saturated carbocycles. The van der Waals surface area contributed by atoms with Crippen molar-refractivity contribution >= 4 is 16.8 Å². The number of aliphatic imine (C=N–C) groups is 1. The van der Waals surface area contributed by atoms with Crippen molar-refractivity contribution in [3.05, 3.63) is 42.1 Å². The number of nitrogens with zero attached hydrogens (tertiary/aromatic N) is 2. The van der Waals surface area contributed by atoms with Crippen LogP contribution in [0.15, 0.2) is 41.4 Å². The van der Waals surface area contributed by atoms with Gasteiger partial charge in [-0.3, -0.25) is 0 Å². The van der Waals surface area contributed by atoms with Crippen molar-refractivity contribution < 1.29 is 4.74 Å². The zero-order valence-corrected chi connectivity index (χ0v) is 10.6. The van der Waals surface area contributed by atoms with Gasteiger partial charge in [0.15, 0.2) is 0 Å². The zero-order chi connectivity index (χ0) is 12.5. The Labute approximate surface area is 107 Å². The van der Waals surface area contributed by atoms with Gasteiger partial charge in [-0.1, -0.05) is 38.1 Å². The third-order valence-corrected chi connectivity index (χ3v) is 3.26. The molecule has 1 aliphatic heterocycles. The summed E-state index contributed by atoms with van der Waals surface area (Å²) in [5.74, 6) is 1.18. The van der Waals surface area contributed by atoms with E-state index in [0.717, 1.165) is 16.6 Å². The van der Waals surface area contributed by atoms with Gasteiger partial charge in [-0.25, -0.2) is 9.98 Å². The molecule has 92 valence electrons. The molecule has 18 heavy (non-hydrogen) atoms. The fourth-order valence-corrected chi connectivity index (χ4v) is 2.06. The first-order valence-electron chi connectivity index (χ1n) is 6.31. The number of para-hydroxylation sites is 1. The molecule has 0 aliphatic carbocycles. The number of fused-ring (bicyclic) bond motifs is 1. The molecule has 0 N–H and O–H groups in total. The van der Waals surface area contributed by atoms with E-state index in [9.17, 15) is 0 Å². The van der Waals surface area contributed by atoms with Gasteiger partial charge in [0.25, 0.3) is 0 Å². The Morgan fingerprint density at radius 3 is 2.78 bits per heavy atom. The summed E-state index contributed by atoms with van der Waals surface area (Å²) in [6.07, 6.45) is 0. The number of hydrogen-bond donors (Lipinski definition) is 0. The number of rotatable bonds is 2. The van der Waals surface area contributed by atoms with E-state index in [-0.39, 0.29) is 6.04 Å². The Morgan fingerprint density at radius 2 is 2.00 bits per heavy atom. The second kappa shape index (κ2) is 4.41. The first-order chi connectivity index (χ1) is 8.74. The van der Waals surface area contributed by atoms with Crippen LogP contribution in [0.25, 0.3) is 10.9 Å². The van der Waals surface area contributed by atoms with Crippen LogP contribution < -0.4 is 0 Å². The molecule has 0 spiro atoms. The molecule has 0 amide bonds. The highest BCUT2D eigenvalue weighted by Gasteiger charge is 2.23. The van der Waals surface area contributed by atoms with Gasteiger partial charge in [-0.2, -0.15) is 0 Å². The van der Waals surface area contributed by atoms with Crippen LogP contribution in [0.3, 0.4) is 0 Å². The lowest BCUT2D eigenvalue weighted by atomic mass is 10.1. The minimum atomic E-state index is 0.258. The van der Waals surface area contributed by atoms with E-state index in [1.807, 2.05) is 24.3 Å². The molecule has 0 fully saturated rings. The third kappa shape index (κ3) is 1.96. The molecule has 3 nitrogen and oxygen atoms in total. The normalized spacial score (nSPS) is 19.1. The van der Waals surface area contributed by atoms with E-state index in [4.69, 9.17) is 4.74 Å². The van der Waals surface area contributed by atoms with Gasteiger partial charge >= 0.3 is 0 Å². The highest BCUT2D eigenvalue weighted by atomic mass is 16.5. The standard InChI is InChI=1S/C15H16N2O/c1-10(2)14-9-18-15(17-14)13-8-7-11-5-3-4-6-12(11)16-13/h3-8,10,14H,9H2,1-2H3/t14-/m0/s1. The molecule has 1 aromatic heterocycles. The van der Waals surface area contributed by atoms with Crippen LogP contribution in [0.2, 0.25) is 0 Å². The van der Waals surface area contributed by atoms with E-state index >= 15 is 0 Å². The van der Waals surface area contributed by atoms with Crippen LogP contribution in [0.1, 0.15) is 19.5 Å². The van der Waals surface area contributed by atoms with Crippen molar-refractivity contribution in [2.24, 2.45) is 10.9 Å². The number of hydrogen-bond acceptors (Lipinski definition) is 3. The van der Waals surface area contributed by atoms with Gasteiger partial charge < -0.3 is 4.74 Å². The Morgan fingerprint density at radius 1 is 1.17 bits per heavy atom. The Hall–Kier alpha value is -1.90. The number of pyridine rings is 1. The van der Waals surface area contributed by atoms with Gasteiger partial charge in [-0.05, 0) is 18.1 Å². The fourth-order valence-electron chi connectivity index (χ4n) is 2.06. The van der Waals surface area contributed by atoms with E-state index in [1.54, 1.807) is 0 Å². The van der Waals surface area contributed by atoms with Gasteiger partial charge in [0.1, 0.15) is 12.3 Å². The van der Waals surface area contributed by atoms with Crippen molar-refractivity contribution in [1.29, 1.82) is 0 Å². The maximum Gasteiger partial charge on any atom is 0.235 e. The van der Waals surface area contributed by atoms with Crippen molar-refractivity contribution in [2.45, 2.75) is 19.9 Å². The van der Waals surface area contributed by atoms with Gasteiger partial charge in [0.05, 0.1) is 11.6 Å². The van der Waals surface area contributed by atoms with Gasteiger partial charge in [0, 0.05) is 5.39 Å². The smallest absolute Gasteiger partial charge is 0.235 e. The molecular formula is C15H16N2O. The number of aromatic nitrogens is 1. The third-order valence-electron chi connectivity index (χ3n) is 3.26. The molecule has 1 aliphatic rings. The second-order valence-electron chi connectivity index (χ2n) is 4.95. The molecule has 1 aromatic carbocycles. The molecule has 3 heteroatoms. The lowest BCUT2D eigenvalue weighted by Crippen LogP contribution is -2.13. The predicted octanol–water partition coefficient (Wildman–Crippen LogP) is 3.04. The molecule has 2 heterocycles. The fraction of sp³-hybridized carbons (Fsp3) is 0.333. The molecule has 0 bridgehead atoms. The Balaban J connectivity index is 1.98. The maximum absolute atomic E-state index is 5.65. The van der Waals surface area contributed by atoms with Gasteiger partial charge in [0.2, 0.25) is 5.90 Å². The lowest BCUT2D eigenvalue weighted by Gasteiger charge is -2.06. The van der Waals surface area contributed by atoms with Crippen LogP contribution in [0.5, 0.6) is 0 Å². The SMILES string of the molecule is CC(C)[C@@H]1COC(c2ccc3ccccc3n2)=N1. The maximum atomic E-state index is 5.65. The topological polar surface area (TPSA) is 34.5 Å². The molecule has 3 rings (SSSR count). The van der Waals surface area contributed by atoms with E-state index in [0.29, 0.717) is 18.4 Å². The summed E-state index contributed by atoms with van der Waals surface area (Å²) in [7, 11) is 0. The van der Waals surface area contributed by atoms with Crippen LogP contribution in [0, 0.1) is 5.92 Å². The van der Waals surface area contributed by atoms with Crippen LogP contribution in [-0.2, 0) is 4.74 Å². The summed E-state index contributed by atoms with van der Waals surface area (Å²) >= 11 is 0. The largest absolute Gasteiger partial charge is 0.474 e. The van der Waals surface area contributed by atoms with E-state index < -0.39 is 0 Å². The van der Waals surface area contributed by atoms with E-state index in [1.165, 1.54) is 0 Å². The number of ether oxygens (including phenoxy) is 1. The first-order valence-corrected chi connectivity index (χ1v) is 6.31. The predicted molar refractivity (Wildman–Crippen MR) is 72.9 cm³/mol. The molecule has 0 radical (unpaired) electrons. The van der Waals surface area contributed by atoms with Crippen molar-refractivity contribution in [2.75, 3.05) is 6.61 Å². The van der Waals surface area contributed by atoms with E-state index in [2.05, 4.69) is 36.0 Å². The quantitative estimate of drug-likeness (QED) is 0.808. The molecule has 0 saturated heterocycles. The summed E-state index contributed by atoms with van der Waals surface area (Å²) in [6, 6.07) is 12.4. The monoisotopic (exact) mass is 240 g/mol. The number of benzene rings is 1. The second-order valence-corrected chi connectivity index (χ2v) is 4.95. The molecule has 2 aromatic rings. The summed E-state index contributed by atoms with van der Waals surface area (Å²) in [4.78, 5) is 9.19. The first kappa shape index (κ1) is 11.2. The summed E-state index contributed by atoms with van der Waals surface area (Å²) in [5, 5.41) is 1.14. The van der Waals surface area contributed by atoms with Gasteiger partial charge in [-0.15, -0.1) is 0 Å². The van der Waals surface area contributed by atoms with Crippen LogP contribution in [-0.4, -0.2) is 23.5 Å². The minimum Gasteiger partial charge on any atom is -0.474 e. The van der Waals surface area contributed by atoms with Crippen molar-refractivity contribution in [3.8, 4) is 0 Å². The van der Waals surface area contributed by atoms with Crippen molar-refractivity contribution in [1.82, 2.24) is 4.98 Å². The van der Waals surface area contributed by atoms with Crippen LogP contribution in [0.4, 0.5) is 0 Å². The Kier molecular flexibility index (Phi) is 2.74. The van der Waals surface area contributed by atoms with Crippen LogP contribution >= 0.6 is 0 Å². The summed E-state index contributed by atoms with van der Waals surface area (Å²) < 4.78 is 5.65. The molecule has 1 atom stereocenters. The minimum absolute atomic E-state index is 0.258. The molecule has 0 unspecified atom stereocenters. The lowest BCUT2D eigenvalue weighted by molar-refractivity contribution is 0.291. The highest BCUT2D eigenvalue weighted by Crippen LogP contribution is 2.18. The summed E-state index contributed by atoms with van der Waals surface area (Å²) in [5.41, 5.74) is 1.81.